The SMILES string of the molecule is O=C(c1ccc(Nc2[nH]nc3ncc(Cc4cc(F)ccc4F)cc23)cc1)N1CCC(O)CC1. The second kappa shape index (κ2) is 9.18. The predicted octanol–water partition coefficient (Wildman–Crippen LogP) is 4.17. The summed E-state index contributed by atoms with van der Waals surface area (Å²) in [5, 5.41) is 20.7. The fraction of sp³-hybridized carbons (Fsp3) is 0.240. The van der Waals surface area contributed by atoms with Gasteiger partial charge in [0.15, 0.2) is 5.65 Å². The van der Waals surface area contributed by atoms with Crippen molar-refractivity contribution in [2.45, 2.75) is 25.4 Å². The first kappa shape index (κ1) is 22.0. The maximum Gasteiger partial charge on any atom is 0.253 e. The van der Waals surface area contributed by atoms with Gasteiger partial charge in [0, 0.05) is 37.0 Å². The lowest BCUT2D eigenvalue weighted by atomic mass is 10.0. The zero-order valence-electron chi connectivity index (χ0n) is 18.3. The summed E-state index contributed by atoms with van der Waals surface area (Å²) in [6.07, 6.45) is 2.65. The van der Waals surface area contributed by atoms with Crippen LogP contribution in [0.25, 0.3) is 11.0 Å². The average Bonchev–Trinajstić information content (AvgIpc) is 3.24. The zero-order valence-corrected chi connectivity index (χ0v) is 18.3. The molecule has 1 fully saturated rings. The maximum absolute atomic E-state index is 14.0. The van der Waals surface area contributed by atoms with Gasteiger partial charge in [0.2, 0.25) is 0 Å². The number of piperidine rings is 1. The first-order valence-electron chi connectivity index (χ1n) is 11.1. The molecule has 0 saturated carbocycles. The first-order valence-corrected chi connectivity index (χ1v) is 11.1. The van der Waals surface area contributed by atoms with E-state index in [0.717, 1.165) is 17.8 Å². The van der Waals surface area contributed by atoms with Crippen molar-refractivity contribution in [1.82, 2.24) is 20.1 Å². The van der Waals surface area contributed by atoms with Crippen molar-refractivity contribution < 1.29 is 18.7 Å². The van der Waals surface area contributed by atoms with E-state index in [-0.39, 0.29) is 24.0 Å². The number of benzene rings is 2. The smallest absolute Gasteiger partial charge is 0.253 e. The van der Waals surface area contributed by atoms with Crippen molar-refractivity contribution in [1.29, 1.82) is 0 Å². The van der Waals surface area contributed by atoms with Crippen LogP contribution in [0.5, 0.6) is 0 Å². The summed E-state index contributed by atoms with van der Waals surface area (Å²) in [6, 6.07) is 12.3. The van der Waals surface area contributed by atoms with Crippen molar-refractivity contribution in [3.8, 4) is 0 Å². The number of amides is 1. The van der Waals surface area contributed by atoms with Gasteiger partial charge in [-0.1, -0.05) is 0 Å². The van der Waals surface area contributed by atoms with E-state index in [9.17, 15) is 18.7 Å². The highest BCUT2D eigenvalue weighted by atomic mass is 19.1. The minimum atomic E-state index is -0.490. The number of anilines is 2. The molecule has 1 aliphatic heterocycles. The molecule has 0 bridgehead atoms. The number of aromatic nitrogens is 3. The van der Waals surface area contributed by atoms with Gasteiger partial charge in [0.1, 0.15) is 17.5 Å². The number of H-pyrrole nitrogens is 1. The molecule has 1 saturated heterocycles. The molecule has 0 unspecified atom stereocenters. The van der Waals surface area contributed by atoms with E-state index in [2.05, 4.69) is 20.5 Å². The molecular formula is C25H23F2N5O2. The van der Waals surface area contributed by atoms with E-state index in [1.54, 1.807) is 35.4 Å². The highest BCUT2D eigenvalue weighted by Gasteiger charge is 2.22. The predicted molar refractivity (Wildman–Crippen MR) is 124 cm³/mol. The molecule has 7 nitrogen and oxygen atoms in total. The molecule has 4 aromatic rings. The Kier molecular flexibility index (Phi) is 5.93. The van der Waals surface area contributed by atoms with Gasteiger partial charge in [-0.25, -0.2) is 13.8 Å². The topological polar surface area (TPSA) is 94.1 Å². The number of likely N-dealkylation sites (tertiary alicyclic amines) is 1. The molecule has 1 amide bonds. The number of carbonyl (C=O) groups excluding carboxylic acids is 1. The number of aliphatic hydroxyl groups is 1. The molecule has 0 atom stereocenters. The number of fused-ring (bicyclic) bond motifs is 1. The fourth-order valence-corrected chi connectivity index (χ4v) is 4.13. The van der Waals surface area contributed by atoms with Crippen LogP contribution in [0.3, 0.4) is 0 Å². The molecule has 9 heteroatoms. The number of aliphatic hydroxyl groups excluding tert-OH is 1. The Balaban J connectivity index is 1.32. The number of rotatable bonds is 5. The molecule has 2 aromatic heterocycles. The van der Waals surface area contributed by atoms with Gasteiger partial charge in [0.25, 0.3) is 5.91 Å². The molecule has 0 spiro atoms. The van der Waals surface area contributed by atoms with Gasteiger partial charge < -0.3 is 15.3 Å². The number of nitrogens with one attached hydrogen (secondary N) is 2. The van der Waals surface area contributed by atoms with Crippen LogP contribution in [0.2, 0.25) is 0 Å². The van der Waals surface area contributed by atoms with Crippen LogP contribution in [-0.4, -0.2) is 50.3 Å². The molecule has 5 rings (SSSR count). The maximum atomic E-state index is 14.0. The number of pyridine rings is 1. The quantitative estimate of drug-likeness (QED) is 0.413. The van der Waals surface area contributed by atoms with E-state index in [1.165, 1.54) is 6.07 Å². The van der Waals surface area contributed by atoms with Crippen LogP contribution in [0.15, 0.2) is 54.7 Å². The summed E-state index contributed by atoms with van der Waals surface area (Å²) in [5.41, 5.74) is 2.79. The molecule has 34 heavy (non-hydrogen) atoms. The van der Waals surface area contributed by atoms with Gasteiger partial charge in [-0.2, -0.15) is 5.10 Å². The van der Waals surface area contributed by atoms with E-state index in [0.29, 0.717) is 53.9 Å². The summed E-state index contributed by atoms with van der Waals surface area (Å²) in [4.78, 5) is 18.8. The van der Waals surface area contributed by atoms with Crippen LogP contribution < -0.4 is 5.32 Å². The van der Waals surface area contributed by atoms with Gasteiger partial charge in [-0.3, -0.25) is 9.89 Å². The van der Waals surface area contributed by atoms with Crippen LogP contribution in [-0.2, 0) is 6.42 Å². The van der Waals surface area contributed by atoms with Crippen LogP contribution in [0, 0.1) is 11.6 Å². The summed E-state index contributed by atoms with van der Waals surface area (Å²) in [6.45, 7) is 1.10. The lowest BCUT2D eigenvalue weighted by Crippen LogP contribution is -2.40. The lowest BCUT2D eigenvalue weighted by Gasteiger charge is -2.29. The van der Waals surface area contributed by atoms with E-state index in [4.69, 9.17) is 0 Å². The van der Waals surface area contributed by atoms with E-state index >= 15 is 0 Å². The summed E-state index contributed by atoms with van der Waals surface area (Å²) >= 11 is 0. The molecule has 0 radical (unpaired) electrons. The highest BCUT2D eigenvalue weighted by molar-refractivity contribution is 5.95. The van der Waals surface area contributed by atoms with Crippen molar-refractivity contribution in [2.24, 2.45) is 0 Å². The number of nitrogens with zero attached hydrogens (tertiary/aromatic N) is 3. The second-order valence-corrected chi connectivity index (χ2v) is 8.45. The number of aromatic amines is 1. The Morgan fingerprint density at radius 3 is 2.65 bits per heavy atom. The molecule has 174 valence electrons. The molecular weight excluding hydrogens is 440 g/mol. The third-order valence-electron chi connectivity index (χ3n) is 6.02. The van der Waals surface area contributed by atoms with Crippen LogP contribution >= 0.6 is 0 Å². The summed E-state index contributed by atoms with van der Waals surface area (Å²) in [7, 11) is 0. The van der Waals surface area contributed by atoms with Crippen LogP contribution in [0.1, 0.15) is 34.3 Å². The molecule has 1 aliphatic rings. The molecule has 2 aromatic carbocycles. The van der Waals surface area contributed by atoms with Gasteiger partial charge in [-0.05, 0) is 72.5 Å². The minimum absolute atomic E-state index is 0.0520. The third-order valence-corrected chi connectivity index (χ3v) is 6.02. The van der Waals surface area contributed by atoms with Gasteiger partial charge >= 0.3 is 0 Å². The zero-order chi connectivity index (χ0) is 23.7. The van der Waals surface area contributed by atoms with E-state index in [1.807, 2.05) is 6.07 Å². The fourth-order valence-electron chi connectivity index (χ4n) is 4.13. The summed E-state index contributed by atoms with van der Waals surface area (Å²) < 4.78 is 27.6. The van der Waals surface area contributed by atoms with Gasteiger partial charge in [-0.15, -0.1) is 0 Å². The van der Waals surface area contributed by atoms with E-state index < -0.39 is 11.6 Å². The number of hydrogen-bond donors (Lipinski definition) is 3. The largest absolute Gasteiger partial charge is 0.393 e. The first-order chi connectivity index (χ1) is 16.5. The standard InChI is InChI=1S/C25H23F2N5O2/c26-18-3-6-22(27)17(13-18)11-15-12-21-23(28-14-15)30-31-24(21)29-19-4-1-16(2-5-19)25(34)32-9-7-20(33)8-10-32/h1-6,12-14,20,33H,7-11H2,(H2,28,29,30,31). The Morgan fingerprint density at radius 2 is 1.88 bits per heavy atom. The van der Waals surface area contributed by atoms with Crippen molar-refractivity contribution in [2.75, 3.05) is 18.4 Å². The second-order valence-electron chi connectivity index (χ2n) is 8.45. The molecule has 3 N–H and O–H groups in total. The van der Waals surface area contributed by atoms with Crippen LogP contribution in [0.4, 0.5) is 20.3 Å². The van der Waals surface area contributed by atoms with Crippen molar-refractivity contribution in [3.05, 3.63) is 83.1 Å². The summed E-state index contributed by atoms with van der Waals surface area (Å²) in [5.74, 6) is -0.407. The number of hydrogen-bond acceptors (Lipinski definition) is 5. The monoisotopic (exact) mass is 463 g/mol. The Bertz CT molecular complexity index is 1330. The highest BCUT2D eigenvalue weighted by Crippen LogP contribution is 2.25. The Hall–Kier alpha value is -3.85. The number of halogens is 2. The molecule has 0 aliphatic carbocycles. The molecule has 3 heterocycles. The normalized spacial score (nSPS) is 14.5. The Labute approximate surface area is 194 Å². The Morgan fingerprint density at radius 1 is 1.12 bits per heavy atom. The number of carbonyl (C=O) groups is 1. The minimum Gasteiger partial charge on any atom is -0.393 e. The van der Waals surface area contributed by atoms with Crippen molar-refractivity contribution >= 4 is 28.4 Å². The lowest BCUT2D eigenvalue weighted by molar-refractivity contribution is 0.0546. The van der Waals surface area contributed by atoms with Crippen molar-refractivity contribution in [3.63, 3.8) is 0 Å². The third kappa shape index (κ3) is 4.60. The average molecular weight is 463 g/mol. The van der Waals surface area contributed by atoms with Gasteiger partial charge in [0.05, 0.1) is 11.5 Å².